The second-order valence-electron chi connectivity index (χ2n) is 7.22. The first kappa shape index (κ1) is 20.2. The second-order valence-corrected chi connectivity index (χ2v) is 8.08. The molecule has 3 aromatic rings. The summed E-state index contributed by atoms with van der Waals surface area (Å²) in [5.74, 6) is 0.486. The number of aryl methyl sites for hydroxylation is 1. The van der Waals surface area contributed by atoms with Crippen LogP contribution in [-0.4, -0.2) is 41.4 Å². The molecule has 1 unspecified atom stereocenters. The molecule has 0 aliphatic carbocycles. The molecule has 2 amide bonds. The summed E-state index contributed by atoms with van der Waals surface area (Å²) in [6.45, 7) is 2.53. The van der Waals surface area contributed by atoms with Crippen LogP contribution in [0.2, 0.25) is 0 Å². The van der Waals surface area contributed by atoms with Crippen LogP contribution in [0.5, 0.6) is 5.75 Å². The van der Waals surface area contributed by atoms with Gasteiger partial charge in [-0.15, -0.1) is 11.3 Å². The van der Waals surface area contributed by atoms with Crippen LogP contribution in [-0.2, 0) is 4.79 Å². The van der Waals surface area contributed by atoms with E-state index >= 15 is 0 Å². The number of aromatic nitrogens is 1. The maximum atomic E-state index is 13.0. The van der Waals surface area contributed by atoms with E-state index in [0.717, 1.165) is 35.4 Å². The standard InChI is InChI=1S/C22H23N3O4S/c1-14-8-9-18(28-2)15(12-14)16-13-30-22(23-16)24-20(26)17-6-3-4-10-25(17)21(27)19-7-5-11-29-19/h5,7-9,11-13,17H,3-4,6,10H2,1-2H3,(H,23,24,26). The summed E-state index contributed by atoms with van der Waals surface area (Å²) in [6, 6.07) is 8.63. The molecule has 0 radical (unpaired) electrons. The highest BCUT2D eigenvalue weighted by Crippen LogP contribution is 2.33. The van der Waals surface area contributed by atoms with E-state index in [-0.39, 0.29) is 17.6 Å². The van der Waals surface area contributed by atoms with E-state index in [2.05, 4.69) is 10.3 Å². The van der Waals surface area contributed by atoms with Crippen molar-refractivity contribution in [3.63, 3.8) is 0 Å². The smallest absolute Gasteiger partial charge is 0.290 e. The van der Waals surface area contributed by atoms with Crippen molar-refractivity contribution in [3.05, 3.63) is 53.3 Å². The molecule has 8 heteroatoms. The normalized spacial score (nSPS) is 16.3. The highest BCUT2D eigenvalue weighted by Gasteiger charge is 2.34. The van der Waals surface area contributed by atoms with Crippen LogP contribution < -0.4 is 10.1 Å². The van der Waals surface area contributed by atoms with E-state index in [1.165, 1.54) is 17.6 Å². The fraction of sp³-hybridized carbons (Fsp3) is 0.318. The Morgan fingerprint density at radius 2 is 2.17 bits per heavy atom. The number of anilines is 1. The van der Waals surface area contributed by atoms with Gasteiger partial charge in [-0.25, -0.2) is 4.98 Å². The number of carbonyl (C=O) groups excluding carboxylic acids is 2. The number of benzene rings is 1. The van der Waals surface area contributed by atoms with Crippen LogP contribution in [0, 0.1) is 6.92 Å². The largest absolute Gasteiger partial charge is 0.496 e. The quantitative estimate of drug-likeness (QED) is 0.657. The van der Waals surface area contributed by atoms with Crippen molar-refractivity contribution in [1.29, 1.82) is 0 Å². The highest BCUT2D eigenvalue weighted by molar-refractivity contribution is 7.14. The molecule has 0 bridgehead atoms. The lowest BCUT2D eigenvalue weighted by Gasteiger charge is -2.33. The zero-order valence-corrected chi connectivity index (χ0v) is 17.7. The number of furan rings is 1. The van der Waals surface area contributed by atoms with Gasteiger partial charge in [-0.2, -0.15) is 0 Å². The summed E-state index contributed by atoms with van der Waals surface area (Å²) in [5, 5.41) is 5.27. The predicted molar refractivity (Wildman–Crippen MR) is 115 cm³/mol. The number of hydrogen-bond donors (Lipinski definition) is 1. The number of nitrogens with one attached hydrogen (secondary N) is 1. The predicted octanol–water partition coefficient (Wildman–Crippen LogP) is 4.35. The van der Waals surface area contributed by atoms with Crippen molar-refractivity contribution in [2.45, 2.75) is 32.2 Å². The molecule has 1 atom stereocenters. The van der Waals surface area contributed by atoms with E-state index in [9.17, 15) is 9.59 Å². The van der Waals surface area contributed by atoms with E-state index in [1.54, 1.807) is 24.1 Å². The van der Waals surface area contributed by atoms with Gasteiger partial charge in [-0.05, 0) is 50.5 Å². The number of methoxy groups -OCH3 is 1. The minimum Gasteiger partial charge on any atom is -0.496 e. The van der Waals surface area contributed by atoms with Crippen molar-refractivity contribution in [1.82, 2.24) is 9.88 Å². The first-order valence-electron chi connectivity index (χ1n) is 9.82. The molecule has 3 heterocycles. The van der Waals surface area contributed by atoms with E-state index in [4.69, 9.17) is 9.15 Å². The van der Waals surface area contributed by atoms with Crippen molar-refractivity contribution in [2.75, 3.05) is 19.0 Å². The Morgan fingerprint density at radius 1 is 1.30 bits per heavy atom. The van der Waals surface area contributed by atoms with Crippen LogP contribution in [0.4, 0.5) is 5.13 Å². The molecule has 2 aromatic heterocycles. The van der Waals surface area contributed by atoms with Gasteiger partial charge in [0, 0.05) is 17.5 Å². The fourth-order valence-electron chi connectivity index (χ4n) is 3.65. The first-order chi connectivity index (χ1) is 14.6. The first-order valence-corrected chi connectivity index (χ1v) is 10.7. The van der Waals surface area contributed by atoms with Crippen molar-refractivity contribution < 1.29 is 18.7 Å². The average Bonchev–Trinajstić information content (AvgIpc) is 3.45. The lowest BCUT2D eigenvalue weighted by Crippen LogP contribution is -2.49. The Morgan fingerprint density at radius 3 is 2.93 bits per heavy atom. The van der Waals surface area contributed by atoms with E-state index in [0.29, 0.717) is 18.1 Å². The molecule has 156 valence electrons. The molecule has 7 nitrogen and oxygen atoms in total. The Kier molecular flexibility index (Phi) is 5.85. The molecule has 30 heavy (non-hydrogen) atoms. The lowest BCUT2D eigenvalue weighted by atomic mass is 10.0. The van der Waals surface area contributed by atoms with Crippen LogP contribution in [0.25, 0.3) is 11.3 Å². The van der Waals surface area contributed by atoms with Gasteiger partial charge in [0.15, 0.2) is 10.9 Å². The topological polar surface area (TPSA) is 84.7 Å². The number of rotatable bonds is 5. The van der Waals surface area contributed by atoms with E-state index in [1.807, 2.05) is 30.5 Å². The second kappa shape index (κ2) is 8.71. The number of hydrogen-bond acceptors (Lipinski definition) is 6. The summed E-state index contributed by atoms with van der Waals surface area (Å²) in [6.07, 6.45) is 3.83. The summed E-state index contributed by atoms with van der Waals surface area (Å²) in [5.41, 5.74) is 2.71. The van der Waals surface area contributed by atoms with E-state index < -0.39 is 6.04 Å². The minimum absolute atomic E-state index is 0.230. The number of piperidine rings is 1. The lowest BCUT2D eigenvalue weighted by molar-refractivity contribution is -0.121. The molecular weight excluding hydrogens is 402 g/mol. The number of carbonyl (C=O) groups is 2. The third-order valence-electron chi connectivity index (χ3n) is 5.16. The Bertz CT molecular complexity index is 1040. The molecule has 1 aliphatic rings. The van der Waals surface area contributed by atoms with Crippen LogP contribution >= 0.6 is 11.3 Å². The van der Waals surface area contributed by atoms with Gasteiger partial charge in [-0.3, -0.25) is 9.59 Å². The maximum absolute atomic E-state index is 13.0. The molecule has 0 saturated carbocycles. The zero-order valence-electron chi connectivity index (χ0n) is 16.9. The fourth-order valence-corrected chi connectivity index (χ4v) is 4.37. The van der Waals surface area contributed by atoms with Gasteiger partial charge in [0.1, 0.15) is 11.8 Å². The summed E-state index contributed by atoms with van der Waals surface area (Å²) in [4.78, 5) is 31.9. The third-order valence-corrected chi connectivity index (χ3v) is 5.92. The van der Waals surface area contributed by atoms with Crippen molar-refractivity contribution in [3.8, 4) is 17.0 Å². The Labute approximate surface area is 178 Å². The SMILES string of the molecule is COc1ccc(C)cc1-c1csc(NC(=O)C2CCCCN2C(=O)c2ccco2)n1. The maximum Gasteiger partial charge on any atom is 0.290 e. The number of nitrogens with zero attached hydrogens (tertiary/aromatic N) is 2. The van der Waals surface area contributed by atoms with Gasteiger partial charge in [0.2, 0.25) is 5.91 Å². The number of ether oxygens (including phenoxy) is 1. The monoisotopic (exact) mass is 425 g/mol. The van der Waals surface area contributed by atoms with Gasteiger partial charge < -0.3 is 19.4 Å². The molecule has 1 aromatic carbocycles. The molecule has 1 aliphatic heterocycles. The van der Waals surface area contributed by atoms with Crippen LogP contribution in [0.1, 0.15) is 35.4 Å². The van der Waals surface area contributed by atoms with Crippen LogP contribution in [0.15, 0.2) is 46.4 Å². The van der Waals surface area contributed by atoms with Gasteiger partial charge in [-0.1, -0.05) is 11.6 Å². The average molecular weight is 426 g/mol. The third kappa shape index (κ3) is 4.09. The molecular formula is C22H23N3O4S. The number of thiazole rings is 1. The van der Waals surface area contributed by atoms with Crippen molar-refractivity contribution >= 4 is 28.3 Å². The Balaban J connectivity index is 1.51. The van der Waals surface area contributed by atoms with Crippen molar-refractivity contribution in [2.24, 2.45) is 0 Å². The summed E-state index contributed by atoms with van der Waals surface area (Å²) in [7, 11) is 1.62. The minimum atomic E-state index is -0.544. The number of amides is 2. The highest BCUT2D eigenvalue weighted by atomic mass is 32.1. The zero-order chi connectivity index (χ0) is 21.1. The van der Waals surface area contributed by atoms with Gasteiger partial charge in [0.05, 0.1) is 19.1 Å². The van der Waals surface area contributed by atoms with Gasteiger partial charge in [0.25, 0.3) is 5.91 Å². The molecule has 0 spiro atoms. The molecule has 1 saturated heterocycles. The molecule has 1 N–H and O–H groups in total. The summed E-state index contributed by atoms with van der Waals surface area (Å²) >= 11 is 1.35. The molecule has 1 fully saturated rings. The molecule has 4 rings (SSSR count). The number of likely N-dealkylation sites (tertiary alicyclic amines) is 1. The van der Waals surface area contributed by atoms with Gasteiger partial charge >= 0.3 is 0 Å². The Hall–Kier alpha value is -3.13. The van der Waals surface area contributed by atoms with Crippen LogP contribution in [0.3, 0.4) is 0 Å². The summed E-state index contributed by atoms with van der Waals surface area (Å²) < 4.78 is 10.7.